The minimum atomic E-state index is -2.58. The molecule has 0 spiro atoms. The maximum absolute atomic E-state index is 12.3. The van der Waals surface area contributed by atoms with Crippen LogP contribution in [0.3, 0.4) is 0 Å². The first kappa shape index (κ1) is 16.7. The van der Waals surface area contributed by atoms with E-state index in [2.05, 4.69) is 36.4 Å². The molecule has 112 valence electrons. The van der Waals surface area contributed by atoms with E-state index in [1.165, 1.54) is 6.03 Å². The summed E-state index contributed by atoms with van der Waals surface area (Å²) < 4.78 is 0. The maximum atomic E-state index is 12.3. The predicted molar refractivity (Wildman–Crippen MR) is 93.3 cm³/mol. The fourth-order valence-electron chi connectivity index (χ4n) is 2.81. The molecule has 0 fully saturated rings. The predicted octanol–water partition coefficient (Wildman–Crippen LogP) is 2.90. The molecule has 1 nitrogen and oxygen atoms in total. The van der Waals surface area contributed by atoms with E-state index in [0.29, 0.717) is 0 Å². The Morgan fingerprint density at radius 1 is 0.545 bits per heavy atom. The Hall–Kier alpha value is -1.62. The number of benzene rings is 3. The molecule has 0 N–H and O–H groups in total. The molecule has 0 aromatic heterocycles. The zero-order valence-corrected chi connectivity index (χ0v) is 14.7. The van der Waals surface area contributed by atoms with Crippen LogP contribution >= 0.6 is 7.26 Å². The van der Waals surface area contributed by atoms with Crippen LogP contribution in [0.4, 0.5) is 0 Å². The third-order valence-corrected chi connectivity index (χ3v) is 7.95. The second-order valence-corrected chi connectivity index (χ2v) is 8.61. The van der Waals surface area contributed by atoms with E-state index >= 15 is 0 Å². The number of carbonyl (C=O) groups excluding carboxylic acids is 1. The molecule has 0 atom stereocenters. The molecular weight excluding hydrogens is 376 g/mol. The third-order valence-electron chi connectivity index (χ3n) is 3.86. The van der Waals surface area contributed by atoms with Gasteiger partial charge in [0.1, 0.15) is 0 Å². The molecule has 0 bridgehead atoms. The molecule has 0 aliphatic carbocycles. The van der Waals surface area contributed by atoms with Crippen molar-refractivity contribution in [1.29, 1.82) is 0 Å². The molecule has 0 amide bonds. The molecule has 0 unspecified atom stereocenters. The van der Waals surface area contributed by atoms with Gasteiger partial charge in [0.25, 0.3) is 0 Å². The van der Waals surface area contributed by atoms with E-state index in [4.69, 9.17) is 0 Å². The summed E-state index contributed by atoms with van der Waals surface area (Å²) in [6, 6.07) is 31.6. The molecule has 22 heavy (non-hydrogen) atoms. The van der Waals surface area contributed by atoms with Gasteiger partial charge in [-0.3, -0.25) is 0 Å². The topological polar surface area (TPSA) is 17.1 Å². The van der Waals surface area contributed by atoms with Crippen molar-refractivity contribution in [3.8, 4) is 0 Å². The standard InChI is InChI=1S/C19H17OP.Ru/c20-16-21(17-10-4-1-5-11-17,18-12-6-2-7-13-18)19-14-8-3-9-15-19;/h1-16,21H;. The number of hydrogen-bond acceptors (Lipinski definition) is 1. The van der Waals surface area contributed by atoms with Gasteiger partial charge in [0, 0.05) is 19.5 Å². The van der Waals surface area contributed by atoms with Crippen molar-refractivity contribution in [2.24, 2.45) is 0 Å². The largest absolute Gasteiger partial charge is 0 e. The van der Waals surface area contributed by atoms with Crippen LogP contribution in [0.5, 0.6) is 0 Å². The van der Waals surface area contributed by atoms with Crippen LogP contribution in [0.25, 0.3) is 0 Å². The van der Waals surface area contributed by atoms with Gasteiger partial charge in [-0.15, -0.1) is 0 Å². The van der Waals surface area contributed by atoms with Crippen molar-refractivity contribution in [2.75, 3.05) is 0 Å². The van der Waals surface area contributed by atoms with E-state index in [0.717, 1.165) is 15.9 Å². The summed E-state index contributed by atoms with van der Waals surface area (Å²) in [5.41, 5.74) is 0. The van der Waals surface area contributed by atoms with Gasteiger partial charge in [0.15, 0.2) is 0 Å². The molecule has 0 heterocycles. The van der Waals surface area contributed by atoms with Gasteiger partial charge in [0.05, 0.1) is 0 Å². The Balaban J connectivity index is 0.00000176. The van der Waals surface area contributed by atoms with E-state index in [1.807, 2.05) is 54.6 Å². The van der Waals surface area contributed by atoms with E-state index < -0.39 is 7.26 Å². The second-order valence-electron chi connectivity index (χ2n) is 5.02. The molecule has 3 aromatic rings. The van der Waals surface area contributed by atoms with Crippen LogP contribution < -0.4 is 15.9 Å². The van der Waals surface area contributed by atoms with Crippen LogP contribution in [0, 0.1) is 0 Å². The van der Waals surface area contributed by atoms with Gasteiger partial charge in [-0.05, 0) is 0 Å². The fraction of sp³-hybridized carbons (Fsp3) is 0. The summed E-state index contributed by atoms with van der Waals surface area (Å²) in [5, 5.41) is 3.37. The Kier molecular flexibility index (Phi) is 5.78. The Morgan fingerprint density at radius 3 is 1.05 bits per heavy atom. The fourth-order valence-corrected chi connectivity index (χ4v) is 6.37. The van der Waals surface area contributed by atoms with Crippen molar-refractivity contribution in [1.82, 2.24) is 0 Å². The van der Waals surface area contributed by atoms with E-state index in [9.17, 15) is 4.79 Å². The normalized spacial score (nSPS) is 11.3. The third kappa shape index (κ3) is 2.95. The Morgan fingerprint density at radius 2 is 0.818 bits per heavy atom. The van der Waals surface area contributed by atoms with Crippen LogP contribution in [0.1, 0.15) is 0 Å². The first-order chi connectivity index (χ1) is 10.4. The minimum absolute atomic E-state index is 0. The molecule has 0 radical (unpaired) electrons. The second kappa shape index (κ2) is 7.59. The van der Waals surface area contributed by atoms with Crippen molar-refractivity contribution >= 4 is 29.2 Å². The van der Waals surface area contributed by atoms with Crippen molar-refractivity contribution in [3.05, 3.63) is 91.0 Å². The van der Waals surface area contributed by atoms with Crippen molar-refractivity contribution in [3.63, 3.8) is 0 Å². The summed E-state index contributed by atoms with van der Waals surface area (Å²) in [7, 11) is -2.58. The molecule has 0 aliphatic rings. The van der Waals surface area contributed by atoms with Gasteiger partial charge in [0.2, 0.25) is 0 Å². The molecule has 3 heteroatoms. The SMILES string of the molecule is O=C[PH](c1ccccc1)(c1ccccc1)c1ccccc1.[Ru]. The van der Waals surface area contributed by atoms with Gasteiger partial charge in [-0.1, -0.05) is 0 Å². The summed E-state index contributed by atoms with van der Waals surface area (Å²) >= 11 is 0. The van der Waals surface area contributed by atoms with Crippen molar-refractivity contribution < 1.29 is 24.3 Å². The van der Waals surface area contributed by atoms with Crippen LogP contribution in [-0.2, 0) is 24.3 Å². The van der Waals surface area contributed by atoms with Crippen LogP contribution in [0.15, 0.2) is 91.0 Å². The van der Waals surface area contributed by atoms with Crippen LogP contribution in [-0.4, -0.2) is 6.03 Å². The number of carbonyl (C=O) groups is 1. The summed E-state index contributed by atoms with van der Waals surface area (Å²) in [6.45, 7) is 0. The average Bonchev–Trinajstić information content (AvgIpc) is 2.59. The minimum Gasteiger partial charge on any atom is 0 e. The van der Waals surface area contributed by atoms with Gasteiger partial charge < -0.3 is 0 Å². The monoisotopic (exact) mass is 394 g/mol. The quantitative estimate of drug-likeness (QED) is 0.379. The number of hydrogen-bond donors (Lipinski definition) is 0. The molecular formula is C19H17OPRu. The van der Waals surface area contributed by atoms with Gasteiger partial charge in [-0.25, -0.2) is 0 Å². The molecule has 3 rings (SSSR count). The molecule has 0 saturated heterocycles. The zero-order valence-electron chi connectivity index (χ0n) is 12.0. The molecule has 0 saturated carbocycles. The average molecular weight is 393 g/mol. The first-order valence-corrected chi connectivity index (χ1v) is 9.08. The van der Waals surface area contributed by atoms with E-state index in [1.54, 1.807) is 0 Å². The zero-order chi connectivity index (χ0) is 14.5. The summed E-state index contributed by atoms with van der Waals surface area (Å²) in [4.78, 5) is 12.3. The molecule has 0 aliphatic heterocycles. The summed E-state index contributed by atoms with van der Waals surface area (Å²) in [5.74, 6) is 0. The van der Waals surface area contributed by atoms with Crippen molar-refractivity contribution in [2.45, 2.75) is 0 Å². The van der Waals surface area contributed by atoms with Crippen LogP contribution in [0.2, 0.25) is 0 Å². The maximum Gasteiger partial charge on any atom is 0 e. The van der Waals surface area contributed by atoms with Gasteiger partial charge >= 0.3 is 125 Å². The smallest absolute Gasteiger partial charge is 0 e. The van der Waals surface area contributed by atoms with Gasteiger partial charge in [-0.2, -0.15) is 0 Å². The van der Waals surface area contributed by atoms with E-state index in [-0.39, 0.29) is 19.5 Å². The first-order valence-electron chi connectivity index (χ1n) is 7.01. The number of rotatable bonds is 4. The summed E-state index contributed by atoms with van der Waals surface area (Å²) in [6.07, 6.45) is 0. The molecule has 3 aromatic carbocycles. The Labute approximate surface area is 144 Å². The Bertz CT molecular complexity index is 618.